The molecule has 0 amide bonds. The zero-order valence-electron chi connectivity index (χ0n) is 17.2. The van der Waals surface area contributed by atoms with Gasteiger partial charge in [0.2, 0.25) is 0 Å². The fourth-order valence-electron chi connectivity index (χ4n) is 4.13. The van der Waals surface area contributed by atoms with E-state index in [9.17, 15) is 4.79 Å². The molecule has 1 rings (SSSR count). The molecule has 148 valence electrons. The minimum atomic E-state index is 0.523. The topological polar surface area (TPSA) is 17.1 Å². The summed E-state index contributed by atoms with van der Waals surface area (Å²) in [6, 6.07) is 0. The number of carbonyl (C=O) groups is 1. The molecule has 0 unspecified atom stereocenters. The summed E-state index contributed by atoms with van der Waals surface area (Å²) in [4.78, 5) is 11.9. The molecular formula is C24H46O. The standard InChI is InChI=1S/C24H46O/c25-24-22-20-18-16-14-12-10-8-6-4-2-1-3-5-7-9-11-13-15-17-19-21-23-24/h1-23H2. The van der Waals surface area contributed by atoms with E-state index in [2.05, 4.69) is 0 Å². The zero-order valence-corrected chi connectivity index (χ0v) is 17.2. The van der Waals surface area contributed by atoms with Crippen LogP contribution in [0.15, 0.2) is 0 Å². The molecule has 0 aromatic carbocycles. The van der Waals surface area contributed by atoms with Crippen molar-refractivity contribution in [3.8, 4) is 0 Å². The third-order valence-electron chi connectivity index (χ3n) is 5.91. The van der Waals surface area contributed by atoms with Crippen molar-refractivity contribution in [2.75, 3.05) is 0 Å². The van der Waals surface area contributed by atoms with Crippen LogP contribution in [0.3, 0.4) is 0 Å². The highest BCUT2D eigenvalue weighted by Crippen LogP contribution is 2.16. The summed E-state index contributed by atoms with van der Waals surface area (Å²) in [5, 5.41) is 0. The number of hydrogen-bond acceptors (Lipinski definition) is 1. The predicted molar refractivity (Wildman–Crippen MR) is 111 cm³/mol. The summed E-state index contributed by atoms with van der Waals surface area (Å²) in [6.07, 6.45) is 30.8. The van der Waals surface area contributed by atoms with Gasteiger partial charge in [-0.25, -0.2) is 0 Å². The number of rotatable bonds is 0. The fraction of sp³-hybridized carbons (Fsp3) is 0.958. The largest absolute Gasteiger partial charge is 0.300 e. The van der Waals surface area contributed by atoms with Gasteiger partial charge in [0.15, 0.2) is 0 Å². The van der Waals surface area contributed by atoms with Gasteiger partial charge in [-0.1, -0.05) is 122 Å². The molecule has 1 heteroatoms. The molecule has 0 atom stereocenters. The lowest BCUT2D eigenvalue weighted by molar-refractivity contribution is -0.119. The van der Waals surface area contributed by atoms with E-state index in [4.69, 9.17) is 0 Å². The van der Waals surface area contributed by atoms with Crippen LogP contribution in [-0.2, 0) is 4.79 Å². The third-order valence-corrected chi connectivity index (χ3v) is 5.91. The molecule has 1 fully saturated rings. The number of carbonyl (C=O) groups excluding carboxylic acids is 1. The van der Waals surface area contributed by atoms with Crippen molar-refractivity contribution < 1.29 is 4.79 Å². The van der Waals surface area contributed by atoms with Crippen LogP contribution in [0.5, 0.6) is 0 Å². The maximum atomic E-state index is 11.9. The molecule has 0 radical (unpaired) electrons. The summed E-state index contributed by atoms with van der Waals surface area (Å²) in [7, 11) is 0. The normalized spacial score (nSPS) is 23.6. The monoisotopic (exact) mass is 350 g/mol. The second-order valence-electron chi connectivity index (χ2n) is 8.46. The van der Waals surface area contributed by atoms with E-state index in [0.29, 0.717) is 5.78 Å². The smallest absolute Gasteiger partial charge is 0.132 e. The van der Waals surface area contributed by atoms with Crippen molar-refractivity contribution in [3.63, 3.8) is 0 Å². The van der Waals surface area contributed by atoms with Crippen molar-refractivity contribution in [2.24, 2.45) is 0 Å². The predicted octanol–water partition coefficient (Wildman–Crippen LogP) is 8.54. The van der Waals surface area contributed by atoms with Crippen molar-refractivity contribution in [2.45, 2.75) is 148 Å². The van der Waals surface area contributed by atoms with Gasteiger partial charge in [-0.2, -0.15) is 0 Å². The van der Waals surface area contributed by atoms with Crippen LogP contribution in [0.25, 0.3) is 0 Å². The van der Waals surface area contributed by atoms with E-state index in [1.165, 1.54) is 122 Å². The minimum absolute atomic E-state index is 0.523. The molecular weight excluding hydrogens is 304 g/mol. The summed E-state index contributed by atoms with van der Waals surface area (Å²) in [6.45, 7) is 0. The van der Waals surface area contributed by atoms with E-state index in [1.54, 1.807) is 0 Å². The Hall–Kier alpha value is -0.330. The molecule has 1 aliphatic rings. The summed E-state index contributed by atoms with van der Waals surface area (Å²) >= 11 is 0. The molecule has 0 N–H and O–H groups in total. The van der Waals surface area contributed by atoms with E-state index < -0.39 is 0 Å². The highest BCUT2D eigenvalue weighted by atomic mass is 16.1. The average Bonchev–Trinajstić information content (AvgIpc) is 2.61. The third kappa shape index (κ3) is 16.9. The first-order valence-corrected chi connectivity index (χ1v) is 11.9. The van der Waals surface area contributed by atoms with Gasteiger partial charge in [0.05, 0.1) is 0 Å². The Kier molecular flexibility index (Phi) is 16.8. The number of hydrogen-bond donors (Lipinski definition) is 0. The first-order chi connectivity index (χ1) is 12.4. The Labute approximate surface area is 158 Å². The first-order valence-electron chi connectivity index (χ1n) is 11.9. The second kappa shape index (κ2) is 18.5. The Balaban J connectivity index is 2.08. The molecule has 1 nitrogen and oxygen atoms in total. The maximum Gasteiger partial charge on any atom is 0.132 e. The van der Waals surface area contributed by atoms with Crippen LogP contribution in [0.4, 0.5) is 0 Å². The summed E-state index contributed by atoms with van der Waals surface area (Å²) in [5.74, 6) is 0.523. The Morgan fingerprint density at radius 2 is 0.440 bits per heavy atom. The van der Waals surface area contributed by atoms with E-state index in [0.717, 1.165) is 25.7 Å². The quantitative estimate of drug-likeness (QED) is 0.427. The van der Waals surface area contributed by atoms with Crippen LogP contribution in [0.1, 0.15) is 148 Å². The molecule has 0 aromatic rings. The molecule has 0 bridgehead atoms. The average molecular weight is 351 g/mol. The molecule has 1 aliphatic carbocycles. The fourth-order valence-corrected chi connectivity index (χ4v) is 4.13. The van der Waals surface area contributed by atoms with Crippen molar-refractivity contribution in [3.05, 3.63) is 0 Å². The van der Waals surface area contributed by atoms with Gasteiger partial charge in [-0.3, -0.25) is 4.79 Å². The lowest BCUT2D eigenvalue weighted by Gasteiger charge is -2.05. The molecule has 0 aliphatic heterocycles. The SMILES string of the molecule is O=C1CCCCCCCCCCCCCCCCCCCCCCC1. The molecule has 0 heterocycles. The lowest BCUT2D eigenvalue weighted by Crippen LogP contribution is -1.97. The van der Waals surface area contributed by atoms with Crippen molar-refractivity contribution >= 4 is 5.78 Å². The van der Waals surface area contributed by atoms with Gasteiger partial charge in [0, 0.05) is 12.8 Å². The minimum Gasteiger partial charge on any atom is -0.300 e. The highest BCUT2D eigenvalue weighted by Gasteiger charge is 2.02. The highest BCUT2D eigenvalue weighted by molar-refractivity contribution is 5.78. The molecule has 0 aromatic heterocycles. The summed E-state index contributed by atoms with van der Waals surface area (Å²) < 4.78 is 0. The van der Waals surface area contributed by atoms with Crippen LogP contribution in [-0.4, -0.2) is 5.78 Å². The van der Waals surface area contributed by atoms with Crippen molar-refractivity contribution in [1.29, 1.82) is 0 Å². The van der Waals surface area contributed by atoms with Crippen LogP contribution in [0, 0.1) is 0 Å². The number of Topliss-reactive ketones (excluding diaryl/α,β-unsaturated/α-hetero) is 1. The van der Waals surface area contributed by atoms with E-state index in [-0.39, 0.29) is 0 Å². The van der Waals surface area contributed by atoms with Gasteiger partial charge in [-0.15, -0.1) is 0 Å². The lowest BCUT2D eigenvalue weighted by atomic mass is 10.0. The van der Waals surface area contributed by atoms with E-state index in [1.807, 2.05) is 0 Å². The summed E-state index contributed by atoms with van der Waals surface area (Å²) in [5.41, 5.74) is 0. The van der Waals surface area contributed by atoms with Crippen LogP contribution >= 0.6 is 0 Å². The second-order valence-corrected chi connectivity index (χ2v) is 8.46. The van der Waals surface area contributed by atoms with E-state index >= 15 is 0 Å². The van der Waals surface area contributed by atoms with Gasteiger partial charge in [0.25, 0.3) is 0 Å². The molecule has 25 heavy (non-hydrogen) atoms. The Morgan fingerprint density at radius 1 is 0.280 bits per heavy atom. The first kappa shape index (κ1) is 22.7. The Morgan fingerprint density at radius 3 is 0.640 bits per heavy atom. The maximum absolute atomic E-state index is 11.9. The molecule has 1 saturated carbocycles. The number of ketones is 1. The van der Waals surface area contributed by atoms with Gasteiger partial charge in [0.1, 0.15) is 5.78 Å². The van der Waals surface area contributed by atoms with Gasteiger partial charge in [-0.05, 0) is 12.8 Å². The van der Waals surface area contributed by atoms with Crippen LogP contribution < -0.4 is 0 Å². The van der Waals surface area contributed by atoms with Gasteiger partial charge >= 0.3 is 0 Å². The molecule has 0 spiro atoms. The molecule has 0 saturated heterocycles. The Bertz CT molecular complexity index is 258. The van der Waals surface area contributed by atoms with Gasteiger partial charge < -0.3 is 0 Å². The van der Waals surface area contributed by atoms with Crippen molar-refractivity contribution in [1.82, 2.24) is 0 Å². The van der Waals surface area contributed by atoms with Crippen LogP contribution in [0.2, 0.25) is 0 Å². The zero-order chi connectivity index (χ0) is 17.8.